The van der Waals surface area contributed by atoms with Crippen LogP contribution >= 0.6 is 0 Å². The molecule has 14 nitrogen and oxygen atoms in total. The van der Waals surface area contributed by atoms with Crippen LogP contribution in [0, 0.1) is 37.5 Å². The lowest BCUT2D eigenvalue weighted by Crippen LogP contribution is -2.52. The molecule has 0 bridgehead atoms. The van der Waals surface area contributed by atoms with Crippen LogP contribution in [0.25, 0.3) is 0 Å². The highest BCUT2D eigenvalue weighted by molar-refractivity contribution is 5.94. The molecule has 2 amide bonds. The standard InChI is InChI=1S/2C19H23N5O2/c1-10-6-8-21-19(22-10)23-16-11(2)17(13-4-5-13)24(12(3)25)14-7-9-20-18(26)15(14)16;1-10-6-7-20-19(22-10)23-17-11(2)18(13-4-5-13)24(12(3)25)15-8-16(26)21-9-14(15)17/h6-9,11,13,16-17H,4-5H2,1-3H3,(H,20,26)(H,21,22,23);6-9,11,13,17-18H,4-5H2,1-3H3,(H,21,26)(H,20,22,23)/t11-,16-,17-;11-,17-,18-/m11/s1. The van der Waals surface area contributed by atoms with Crippen LogP contribution in [0.15, 0.2) is 58.6 Å². The monoisotopic (exact) mass is 706 g/mol. The molecule has 0 radical (unpaired) electrons. The van der Waals surface area contributed by atoms with E-state index >= 15 is 0 Å². The highest BCUT2D eigenvalue weighted by Crippen LogP contribution is 2.50. The van der Waals surface area contributed by atoms with E-state index < -0.39 is 0 Å². The maximum Gasteiger partial charge on any atom is 0.255 e. The van der Waals surface area contributed by atoms with Gasteiger partial charge in [0.15, 0.2) is 0 Å². The Hall–Kier alpha value is -5.40. The van der Waals surface area contributed by atoms with Gasteiger partial charge in [-0.1, -0.05) is 13.8 Å². The summed E-state index contributed by atoms with van der Waals surface area (Å²) in [4.78, 5) is 76.1. The number of carbonyl (C=O) groups excluding carboxylic acids is 2. The van der Waals surface area contributed by atoms with Crippen LogP contribution in [0.3, 0.4) is 0 Å². The normalized spacial score (nSPS) is 24.9. The van der Waals surface area contributed by atoms with Crippen molar-refractivity contribution in [2.45, 2.75) is 91.4 Å². The molecule has 2 aliphatic carbocycles. The zero-order valence-corrected chi connectivity index (χ0v) is 30.4. The summed E-state index contributed by atoms with van der Waals surface area (Å²) < 4.78 is 0. The maximum atomic E-state index is 12.7. The number of fused-ring (bicyclic) bond motifs is 2. The van der Waals surface area contributed by atoms with Crippen molar-refractivity contribution >= 4 is 35.1 Å². The SMILES string of the molecule is CC(=O)N1c2cc(=O)[nH]cc2[C@H](Nc2nccc(C)n2)[C@@H](C)[C@@H]1C1CC1.CC(=O)N1c2cc[nH]c(=O)c2[C@H](Nc2nccc(C)n2)[C@@H](C)[C@@H]1C1CC1. The molecule has 4 aromatic rings. The lowest BCUT2D eigenvalue weighted by atomic mass is 9.80. The molecule has 2 aliphatic heterocycles. The molecule has 6 heterocycles. The summed E-state index contributed by atoms with van der Waals surface area (Å²) in [5.74, 6) is 2.19. The minimum absolute atomic E-state index is 0.0224. The molecule has 272 valence electrons. The average molecular weight is 707 g/mol. The number of amides is 2. The van der Waals surface area contributed by atoms with Crippen molar-refractivity contribution < 1.29 is 9.59 Å². The number of nitrogens with one attached hydrogen (secondary N) is 4. The first-order chi connectivity index (χ1) is 24.9. The number of nitrogens with zero attached hydrogens (tertiary/aromatic N) is 6. The summed E-state index contributed by atoms with van der Waals surface area (Å²) in [7, 11) is 0. The van der Waals surface area contributed by atoms with Gasteiger partial charge < -0.3 is 30.4 Å². The Kier molecular flexibility index (Phi) is 9.40. The van der Waals surface area contributed by atoms with E-state index in [2.05, 4.69) is 54.4 Å². The molecule has 14 heteroatoms. The van der Waals surface area contributed by atoms with Crippen molar-refractivity contribution in [2.24, 2.45) is 23.7 Å². The van der Waals surface area contributed by atoms with Crippen molar-refractivity contribution in [2.75, 3.05) is 20.4 Å². The van der Waals surface area contributed by atoms with Gasteiger partial charge >= 0.3 is 0 Å². The summed E-state index contributed by atoms with van der Waals surface area (Å²) in [5, 5.41) is 6.80. The molecule has 52 heavy (non-hydrogen) atoms. The van der Waals surface area contributed by atoms with Crippen LogP contribution < -0.4 is 31.6 Å². The molecule has 2 saturated carbocycles. The molecule has 4 aromatic heterocycles. The Morgan fingerprint density at radius 3 is 1.79 bits per heavy atom. The topological polar surface area (TPSA) is 182 Å². The number of hydrogen-bond donors (Lipinski definition) is 4. The summed E-state index contributed by atoms with van der Waals surface area (Å²) in [6, 6.07) is 6.86. The van der Waals surface area contributed by atoms with E-state index in [0.29, 0.717) is 40.7 Å². The van der Waals surface area contributed by atoms with E-state index in [9.17, 15) is 19.2 Å². The van der Waals surface area contributed by atoms with Crippen molar-refractivity contribution in [3.63, 3.8) is 0 Å². The minimum Gasteiger partial charge on any atom is -0.347 e. The van der Waals surface area contributed by atoms with Crippen molar-refractivity contribution in [3.05, 3.63) is 92.3 Å². The lowest BCUT2D eigenvalue weighted by Gasteiger charge is -2.45. The number of aromatic amines is 2. The summed E-state index contributed by atoms with van der Waals surface area (Å²) in [5.41, 5.74) is 4.23. The molecule has 0 unspecified atom stereocenters. The van der Waals surface area contributed by atoms with Gasteiger partial charge in [-0.3, -0.25) is 19.2 Å². The van der Waals surface area contributed by atoms with E-state index in [1.807, 2.05) is 41.8 Å². The molecule has 4 N–H and O–H groups in total. The van der Waals surface area contributed by atoms with Gasteiger partial charge in [-0.25, -0.2) is 19.9 Å². The van der Waals surface area contributed by atoms with Crippen molar-refractivity contribution in [1.82, 2.24) is 29.9 Å². The second-order valence-electron chi connectivity index (χ2n) is 14.7. The van der Waals surface area contributed by atoms with Gasteiger partial charge in [0.25, 0.3) is 5.56 Å². The summed E-state index contributed by atoms with van der Waals surface area (Å²) in [6.45, 7) is 11.2. The van der Waals surface area contributed by atoms with Gasteiger partial charge in [0.2, 0.25) is 29.3 Å². The fraction of sp³-hybridized carbons (Fsp3) is 0.474. The Morgan fingerprint density at radius 1 is 0.750 bits per heavy atom. The highest BCUT2D eigenvalue weighted by Gasteiger charge is 2.49. The predicted octanol–water partition coefficient (Wildman–Crippen LogP) is 4.82. The molecular formula is C38H46N10O4. The van der Waals surface area contributed by atoms with Crippen LogP contribution in [-0.4, -0.2) is 53.8 Å². The third-order valence-electron chi connectivity index (χ3n) is 10.8. The zero-order valence-electron chi connectivity index (χ0n) is 30.4. The number of carbonyl (C=O) groups is 2. The van der Waals surface area contributed by atoms with Gasteiger partial charge in [-0.15, -0.1) is 0 Å². The smallest absolute Gasteiger partial charge is 0.255 e. The van der Waals surface area contributed by atoms with Gasteiger partial charge in [-0.05, 0) is 69.6 Å². The highest BCUT2D eigenvalue weighted by atomic mass is 16.2. The van der Waals surface area contributed by atoms with Crippen LogP contribution in [-0.2, 0) is 9.59 Å². The fourth-order valence-corrected chi connectivity index (χ4v) is 8.30. The summed E-state index contributed by atoms with van der Waals surface area (Å²) in [6.07, 6.45) is 11.2. The van der Waals surface area contributed by atoms with Crippen LogP contribution in [0.5, 0.6) is 0 Å². The first kappa shape index (κ1) is 35.0. The molecule has 4 aliphatic rings. The van der Waals surface area contributed by atoms with Crippen LogP contribution in [0.4, 0.5) is 23.3 Å². The van der Waals surface area contributed by atoms with E-state index in [-0.39, 0.29) is 58.9 Å². The molecule has 0 saturated heterocycles. The Bertz CT molecular complexity index is 2080. The van der Waals surface area contributed by atoms with E-state index in [4.69, 9.17) is 0 Å². The Balaban J connectivity index is 0.000000162. The summed E-state index contributed by atoms with van der Waals surface area (Å²) >= 11 is 0. The minimum atomic E-state index is -0.252. The first-order valence-electron chi connectivity index (χ1n) is 18.1. The third-order valence-corrected chi connectivity index (χ3v) is 10.8. The third kappa shape index (κ3) is 6.81. The van der Waals surface area contributed by atoms with Gasteiger partial charge in [0.1, 0.15) is 0 Å². The van der Waals surface area contributed by atoms with E-state index in [1.54, 1.807) is 38.6 Å². The number of anilines is 4. The largest absolute Gasteiger partial charge is 0.347 e. The quantitative estimate of drug-likeness (QED) is 0.217. The number of aryl methyl sites for hydroxylation is 2. The fourth-order valence-electron chi connectivity index (χ4n) is 8.30. The molecule has 6 atom stereocenters. The van der Waals surface area contributed by atoms with Gasteiger partial charge in [0.05, 0.1) is 29.0 Å². The predicted molar refractivity (Wildman–Crippen MR) is 198 cm³/mol. The Morgan fingerprint density at radius 2 is 1.27 bits per heavy atom. The second kappa shape index (κ2) is 14.0. The Labute approximate surface area is 301 Å². The maximum absolute atomic E-state index is 12.7. The molecule has 8 rings (SSSR count). The van der Waals surface area contributed by atoms with Gasteiger partial charge in [0, 0.05) is 85.6 Å². The van der Waals surface area contributed by atoms with E-state index in [1.165, 1.54) is 6.07 Å². The van der Waals surface area contributed by atoms with Gasteiger partial charge in [-0.2, -0.15) is 0 Å². The van der Waals surface area contributed by atoms with Crippen molar-refractivity contribution in [3.8, 4) is 0 Å². The van der Waals surface area contributed by atoms with E-state index in [0.717, 1.165) is 42.6 Å². The first-order valence-corrected chi connectivity index (χ1v) is 18.1. The second-order valence-corrected chi connectivity index (χ2v) is 14.7. The lowest BCUT2D eigenvalue weighted by molar-refractivity contribution is -0.118. The molecule has 0 aromatic carbocycles. The van der Waals surface area contributed by atoms with Crippen LogP contribution in [0.1, 0.15) is 88.0 Å². The number of hydrogen-bond acceptors (Lipinski definition) is 10. The molecular weight excluding hydrogens is 660 g/mol. The van der Waals surface area contributed by atoms with Crippen molar-refractivity contribution in [1.29, 1.82) is 0 Å². The number of pyridine rings is 2. The zero-order chi connectivity index (χ0) is 36.8. The molecule has 2 fully saturated rings. The number of aromatic nitrogens is 6. The number of H-pyrrole nitrogens is 2. The molecule has 0 spiro atoms. The average Bonchev–Trinajstić information content (AvgIpc) is 4.02. The number of rotatable bonds is 6. The van der Waals surface area contributed by atoms with Crippen LogP contribution in [0.2, 0.25) is 0 Å².